The van der Waals surface area contributed by atoms with E-state index in [0.717, 1.165) is 25.9 Å². The van der Waals surface area contributed by atoms with Gasteiger partial charge in [0.2, 0.25) is 0 Å². The number of nitrogens with zero attached hydrogens (tertiary/aromatic N) is 2. The fourth-order valence-corrected chi connectivity index (χ4v) is 4.99. The molecule has 186 valence electrons. The maximum atomic E-state index is 14.6. The van der Waals surface area contributed by atoms with E-state index in [-0.39, 0.29) is 29.5 Å². The Morgan fingerprint density at radius 2 is 1.83 bits per heavy atom. The van der Waals surface area contributed by atoms with E-state index in [0.29, 0.717) is 41.2 Å². The zero-order valence-electron chi connectivity index (χ0n) is 20.5. The number of furan rings is 1. The van der Waals surface area contributed by atoms with Crippen molar-refractivity contribution in [2.45, 2.75) is 38.8 Å². The fourth-order valence-electron chi connectivity index (χ4n) is 4.99. The second-order valence-corrected chi connectivity index (χ2v) is 9.24. The predicted molar refractivity (Wildman–Crippen MR) is 130 cm³/mol. The number of carbonyl (C=O) groups excluding carboxylic acids is 1. The van der Waals surface area contributed by atoms with Gasteiger partial charge in [0, 0.05) is 25.2 Å². The normalized spacial score (nSPS) is 15.7. The quantitative estimate of drug-likeness (QED) is 0.427. The highest BCUT2D eigenvalue weighted by Gasteiger charge is 2.33. The van der Waals surface area contributed by atoms with Gasteiger partial charge in [-0.1, -0.05) is 18.2 Å². The van der Waals surface area contributed by atoms with Crippen LogP contribution in [0.2, 0.25) is 0 Å². The minimum absolute atomic E-state index is 0.126. The Labute approximate surface area is 205 Å². The van der Waals surface area contributed by atoms with Gasteiger partial charge in [-0.15, -0.1) is 0 Å². The average Bonchev–Trinajstić information content (AvgIpc) is 3.30. The standard InChI is InChI=1S/C28H32F2N2O3/c1-19-24(12-15-35-19)28(33)31(2)27(17-21-6-4-5-7-25(21)29)20-10-13-32(14-11-20)18-22-16-23(34-3)8-9-26(22)30/h4-9,12,15-16,20,27H,10-11,13-14,17-18H2,1-3H3/t27-/m1/s1. The number of amides is 1. The van der Waals surface area contributed by atoms with E-state index >= 15 is 0 Å². The van der Waals surface area contributed by atoms with Crippen molar-refractivity contribution in [2.24, 2.45) is 5.92 Å². The average molecular weight is 483 g/mol. The third-order valence-corrected chi connectivity index (χ3v) is 7.12. The number of likely N-dealkylation sites (N-methyl/N-ethyl adjacent to an activating group) is 1. The lowest BCUT2D eigenvalue weighted by atomic mass is 9.84. The van der Waals surface area contributed by atoms with Crippen LogP contribution in [-0.2, 0) is 13.0 Å². The summed E-state index contributed by atoms with van der Waals surface area (Å²) in [5.74, 6) is 0.758. The van der Waals surface area contributed by atoms with Crippen molar-refractivity contribution in [3.63, 3.8) is 0 Å². The molecule has 0 radical (unpaired) electrons. The Kier molecular flexibility index (Phi) is 7.86. The largest absolute Gasteiger partial charge is 0.497 e. The lowest BCUT2D eigenvalue weighted by Crippen LogP contribution is -2.47. The van der Waals surface area contributed by atoms with Gasteiger partial charge in [-0.3, -0.25) is 9.69 Å². The van der Waals surface area contributed by atoms with E-state index in [1.807, 2.05) is 6.07 Å². The number of halogens is 2. The molecule has 0 N–H and O–H groups in total. The molecule has 1 fully saturated rings. The summed E-state index contributed by atoms with van der Waals surface area (Å²) in [5, 5.41) is 0. The molecule has 7 heteroatoms. The molecule has 0 unspecified atom stereocenters. The van der Waals surface area contributed by atoms with Crippen molar-refractivity contribution in [1.29, 1.82) is 0 Å². The number of aryl methyl sites for hydroxylation is 1. The van der Waals surface area contributed by atoms with Crippen LogP contribution in [-0.4, -0.2) is 49.0 Å². The molecule has 0 saturated carbocycles. The highest BCUT2D eigenvalue weighted by Crippen LogP contribution is 2.30. The molecule has 4 rings (SSSR count). The smallest absolute Gasteiger partial charge is 0.257 e. The summed E-state index contributed by atoms with van der Waals surface area (Å²) in [6.07, 6.45) is 3.60. The van der Waals surface area contributed by atoms with Crippen molar-refractivity contribution < 1.29 is 22.7 Å². The maximum absolute atomic E-state index is 14.6. The van der Waals surface area contributed by atoms with Gasteiger partial charge in [0.05, 0.1) is 18.9 Å². The second-order valence-electron chi connectivity index (χ2n) is 9.24. The molecule has 1 atom stereocenters. The first kappa shape index (κ1) is 24.9. The Morgan fingerprint density at radius 1 is 1.11 bits per heavy atom. The highest BCUT2D eigenvalue weighted by molar-refractivity contribution is 5.95. The van der Waals surface area contributed by atoms with Crippen molar-refractivity contribution >= 4 is 5.91 Å². The van der Waals surface area contributed by atoms with Crippen LogP contribution >= 0.6 is 0 Å². The maximum Gasteiger partial charge on any atom is 0.257 e. The van der Waals surface area contributed by atoms with Crippen molar-refractivity contribution in [1.82, 2.24) is 9.80 Å². The number of hydrogen-bond donors (Lipinski definition) is 0. The van der Waals surface area contributed by atoms with Crippen LogP contribution in [0.25, 0.3) is 0 Å². The van der Waals surface area contributed by atoms with E-state index in [4.69, 9.17) is 9.15 Å². The molecule has 2 heterocycles. The minimum Gasteiger partial charge on any atom is -0.497 e. The lowest BCUT2D eigenvalue weighted by Gasteiger charge is -2.40. The number of methoxy groups -OCH3 is 1. The number of carbonyl (C=O) groups is 1. The van der Waals surface area contributed by atoms with Gasteiger partial charge in [-0.05, 0) is 81.1 Å². The number of rotatable bonds is 8. The molecular weight excluding hydrogens is 450 g/mol. The van der Waals surface area contributed by atoms with Gasteiger partial charge < -0.3 is 14.1 Å². The topological polar surface area (TPSA) is 45.9 Å². The summed E-state index contributed by atoms with van der Waals surface area (Å²) in [6, 6.07) is 13.0. The summed E-state index contributed by atoms with van der Waals surface area (Å²) in [5.41, 5.74) is 1.73. The third-order valence-electron chi connectivity index (χ3n) is 7.12. The highest BCUT2D eigenvalue weighted by atomic mass is 19.1. The number of ether oxygens (including phenoxy) is 1. The zero-order valence-corrected chi connectivity index (χ0v) is 20.5. The molecule has 3 aromatic rings. The lowest BCUT2D eigenvalue weighted by molar-refractivity contribution is 0.0581. The van der Waals surface area contributed by atoms with Crippen LogP contribution in [0, 0.1) is 24.5 Å². The van der Waals surface area contributed by atoms with E-state index < -0.39 is 0 Å². The first-order chi connectivity index (χ1) is 16.9. The van der Waals surface area contributed by atoms with Crippen molar-refractivity contribution in [2.75, 3.05) is 27.2 Å². The van der Waals surface area contributed by atoms with Crippen molar-refractivity contribution in [3.8, 4) is 5.75 Å². The first-order valence-corrected chi connectivity index (χ1v) is 12.0. The predicted octanol–water partition coefficient (Wildman–Crippen LogP) is 5.47. The third kappa shape index (κ3) is 5.73. The Morgan fingerprint density at radius 3 is 2.49 bits per heavy atom. The van der Waals surface area contributed by atoms with Gasteiger partial charge in [0.15, 0.2) is 0 Å². The minimum atomic E-state index is -0.260. The molecule has 1 saturated heterocycles. The molecule has 0 aliphatic carbocycles. The van der Waals surface area contributed by atoms with Crippen LogP contribution in [0.3, 0.4) is 0 Å². The number of likely N-dealkylation sites (tertiary alicyclic amines) is 1. The Balaban J connectivity index is 1.49. The van der Waals surface area contributed by atoms with Crippen LogP contribution in [0.1, 0.15) is 40.1 Å². The summed E-state index contributed by atoms with van der Waals surface area (Å²) >= 11 is 0. The van der Waals surface area contributed by atoms with Crippen molar-refractivity contribution in [3.05, 3.63) is 88.9 Å². The van der Waals surface area contributed by atoms with Gasteiger partial charge in [0.1, 0.15) is 23.1 Å². The number of hydrogen-bond acceptors (Lipinski definition) is 4. The molecule has 1 aromatic heterocycles. The van der Waals surface area contributed by atoms with Gasteiger partial charge in [-0.2, -0.15) is 0 Å². The molecular formula is C28H32F2N2O3. The zero-order chi connectivity index (χ0) is 24.9. The molecule has 5 nitrogen and oxygen atoms in total. The van der Waals surface area contributed by atoms with Crippen LogP contribution in [0.5, 0.6) is 5.75 Å². The molecule has 1 amide bonds. The van der Waals surface area contributed by atoms with Crippen LogP contribution in [0.15, 0.2) is 59.2 Å². The molecule has 0 bridgehead atoms. The monoisotopic (exact) mass is 482 g/mol. The Bertz CT molecular complexity index is 1150. The molecule has 2 aromatic carbocycles. The van der Waals surface area contributed by atoms with Crippen LogP contribution < -0.4 is 4.74 Å². The van der Waals surface area contributed by atoms with Gasteiger partial charge in [-0.25, -0.2) is 8.78 Å². The molecule has 1 aliphatic heterocycles. The summed E-state index contributed by atoms with van der Waals surface area (Å²) in [4.78, 5) is 17.3. The second kappa shape index (κ2) is 11.0. The first-order valence-electron chi connectivity index (χ1n) is 12.0. The molecule has 35 heavy (non-hydrogen) atoms. The van der Waals surface area contributed by atoms with E-state index in [1.165, 1.54) is 18.4 Å². The molecule has 0 spiro atoms. The van der Waals surface area contributed by atoms with E-state index in [9.17, 15) is 13.6 Å². The molecule has 1 aliphatic rings. The Hall–Kier alpha value is -3.19. The summed E-state index contributed by atoms with van der Waals surface area (Å²) < 4.78 is 39.5. The van der Waals surface area contributed by atoms with E-state index in [2.05, 4.69) is 4.90 Å². The fraction of sp³-hybridized carbons (Fsp3) is 0.393. The number of piperidine rings is 1. The van der Waals surface area contributed by atoms with Gasteiger partial charge in [0.25, 0.3) is 5.91 Å². The number of benzene rings is 2. The SMILES string of the molecule is COc1ccc(F)c(CN2CCC([C@@H](Cc3ccccc3F)N(C)C(=O)c3ccoc3C)CC2)c1. The summed E-state index contributed by atoms with van der Waals surface area (Å²) in [7, 11) is 3.36. The van der Waals surface area contributed by atoms with Gasteiger partial charge >= 0.3 is 0 Å². The summed E-state index contributed by atoms with van der Waals surface area (Å²) in [6.45, 7) is 3.80. The van der Waals surface area contributed by atoms with Crippen LogP contribution in [0.4, 0.5) is 8.78 Å². The van der Waals surface area contributed by atoms with E-state index in [1.54, 1.807) is 56.3 Å².